The van der Waals surface area contributed by atoms with Crippen molar-refractivity contribution in [2.45, 2.75) is 58.5 Å². The number of anilines is 2. The van der Waals surface area contributed by atoms with E-state index in [1.54, 1.807) is 18.3 Å². The van der Waals surface area contributed by atoms with Crippen LogP contribution in [0.4, 0.5) is 11.6 Å². The minimum atomic E-state index is -0.162. The zero-order valence-corrected chi connectivity index (χ0v) is 17.0. The Morgan fingerprint density at radius 2 is 2.07 bits per heavy atom. The number of hydrogen-bond donors (Lipinski definition) is 3. The van der Waals surface area contributed by atoms with Crippen LogP contribution in [0, 0.1) is 17.2 Å². The molecule has 1 unspecified atom stereocenters. The Morgan fingerprint density at radius 1 is 1.28 bits per heavy atom. The molecule has 2 heterocycles. The Hall–Kier alpha value is -3.21. The second-order valence-corrected chi connectivity index (χ2v) is 7.81. The highest BCUT2D eigenvalue weighted by Crippen LogP contribution is 2.28. The highest BCUT2D eigenvalue weighted by atomic mass is 16.2. The Kier molecular flexibility index (Phi) is 6.27. The van der Waals surface area contributed by atoms with E-state index in [-0.39, 0.29) is 29.8 Å². The normalized spacial score (nSPS) is 18.9. The summed E-state index contributed by atoms with van der Waals surface area (Å²) in [6.45, 7) is 5.48. The summed E-state index contributed by atoms with van der Waals surface area (Å²) in [6, 6.07) is 5.70. The fourth-order valence-corrected chi connectivity index (χ4v) is 3.73. The number of nitrogens with zero attached hydrogens (tertiary/aromatic N) is 3. The van der Waals surface area contributed by atoms with Gasteiger partial charge in [0, 0.05) is 41.9 Å². The molecule has 29 heavy (non-hydrogen) atoms. The summed E-state index contributed by atoms with van der Waals surface area (Å²) < 4.78 is 0. The highest BCUT2D eigenvalue weighted by molar-refractivity contribution is 5.97. The van der Waals surface area contributed by atoms with Gasteiger partial charge in [-0.3, -0.25) is 9.59 Å². The first kappa shape index (κ1) is 20.5. The van der Waals surface area contributed by atoms with E-state index in [0.29, 0.717) is 23.8 Å². The van der Waals surface area contributed by atoms with Crippen LogP contribution >= 0.6 is 0 Å². The lowest BCUT2D eigenvalue weighted by atomic mass is 9.85. The average Bonchev–Trinajstić information content (AvgIpc) is 2.67. The fraction of sp³-hybridized carbons (Fsp3) is 0.476. The van der Waals surface area contributed by atoms with E-state index < -0.39 is 0 Å². The van der Waals surface area contributed by atoms with Crippen LogP contribution in [0.5, 0.6) is 0 Å². The third kappa shape index (κ3) is 5.19. The summed E-state index contributed by atoms with van der Waals surface area (Å²) in [5.41, 5.74) is 0.311. The molecule has 0 saturated heterocycles. The van der Waals surface area contributed by atoms with Gasteiger partial charge in [-0.05, 0) is 45.2 Å². The molecule has 2 aromatic heterocycles. The van der Waals surface area contributed by atoms with Crippen molar-refractivity contribution in [3.05, 3.63) is 24.0 Å². The maximum Gasteiger partial charge on any atom is 0.228 e. The van der Waals surface area contributed by atoms with E-state index in [1.807, 2.05) is 13.8 Å². The van der Waals surface area contributed by atoms with Crippen molar-refractivity contribution in [3.63, 3.8) is 0 Å². The van der Waals surface area contributed by atoms with Gasteiger partial charge in [0.2, 0.25) is 11.8 Å². The monoisotopic (exact) mass is 394 g/mol. The molecule has 152 valence electrons. The van der Waals surface area contributed by atoms with Crippen LogP contribution in [0.25, 0.3) is 10.8 Å². The van der Waals surface area contributed by atoms with E-state index in [1.165, 1.54) is 6.92 Å². The Labute approximate surface area is 170 Å². The standard InChI is InChI=1S/C21H26N6O2/c1-12(2)24-20-18-9-19(23-11-15(18)8-17(10-22)26-20)27-21(29)14-5-4-6-16(7-14)25-13(3)28/h8-9,11-12,14,16H,4-7H2,1-3H3,(H,24,26)(H,25,28)(H,23,27,29)/t14?,16-/m1/s1. The summed E-state index contributed by atoms with van der Waals surface area (Å²) in [4.78, 5) is 32.8. The van der Waals surface area contributed by atoms with E-state index in [0.717, 1.165) is 30.0 Å². The van der Waals surface area contributed by atoms with Crippen molar-refractivity contribution in [1.29, 1.82) is 5.26 Å². The third-order valence-electron chi connectivity index (χ3n) is 4.96. The summed E-state index contributed by atoms with van der Waals surface area (Å²) in [5, 5.41) is 19.8. The fourth-order valence-electron chi connectivity index (χ4n) is 3.73. The molecule has 2 aromatic rings. The van der Waals surface area contributed by atoms with Crippen molar-refractivity contribution >= 4 is 34.2 Å². The van der Waals surface area contributed by atoms with Gasteiger partial charge in [-0.15, -0.1) is 0 Å². The molecule has 1 aliphatic rings. The number of nitriles is 1. The van der Waals surface area contributed by atoms with Gasteiger partial charge in [-0.1, -0.05) is 6.42 Å². The van der Waals surface area contributed by atoms with E-state index in [4.69, 9.17) is 0 Å². The molecular formula is C21H26N6O2. The van der Waals surface area contributed by atoms with Gasteiger partial charge in [0.1, 0.15) is 23.4 Å². The zero-order valence-electron chi connectivity index (χ0n) is 17.0. The van der Waals surface area contributed by atoms with Gasteiger partial charge >= 0.3 is 0 Å². The topological polar surface area (TPSA) is 120 Å². The van der Waals surface area contributed by atoms with Gasteiger partial charge in [0.15, 0.2) is 0 Å². The summed E-state index contributed by atoms with van der Waals surface area (Å²) in [6.07, 6.45) is 4.86. The Morgan fingerprint density at radius 3 is 2.76 bits per heavy atom. The summed E-state index contributed by atoms with van der Waals surface area (Å²) >= 11 is 0. The number of amides is 2. The molecule has 1 fully saturated rings. The first-order chi connectivity index (χ1) is 13.9. The average molecular weight is 394 g/mol. The molecule has 0 radical (unpaired) electrons. The number of nitrogens with one attached hydrogen (secondary N) is 3. The minimum Gasteiger partial charge on any atom is -0.367 e. The van der Waals surface area contributed by atoms with Gasteiger partial charge in [0.25, 0.3) is 0 Å². The predicted octanol–water partition coefficient (Wildman–Crippen LogP) is 2.96. The largest absolute Gasteiger partial charge is 0.367 e. The number of carbonyl (C=O) groups excluding carboxylic acids is 2. The molecule has 2 amide bonds. The van der Waals surface area contributed by atoms with Crippen molar-refractivity contribution < 1.29 is 9.59 Å². The number of rotatable bonds is 5. The molecule has 8 heteroatoms. The number of aromatic nitrogens is 2. The Bertz CT molecular complexity index is 966. The zero-order chi connectivity index (χ0) is 21.0. The van der Waals surface area contributed by atoms with Crippen LogP contribution in [-0.2, 0) is 9.59 Å². The van der Waals surface area contributed by atoms with Crippen molar-refractivity contribution in [1.82, 2.24) is 15.3 Å². The first-order valence-electron chi connectivity index (χ1n) is 9.91. The van der Waals surface area contributed by atoms with Crippen LogP contribution in [-0.4, -0.2) is 33.9 Å². The van der Waals surface area contributed by atoms with Crippen molar-refractivity contribution in [2.75, 3.05) is 10.6 Å². The molecular weight excluding hydrogens is 368 g/mol. The van der Waals surface area contributed by atoms with Crippen molar-refractivity contribution in [3.8, 4) is 6.07 Å². The quantitative estimate of drug-likeness (QED) is 0.717. The van der Waals surface area contributed by atoms with Crippen LogP contribution in [0.1, 0.15) is 52.1 Å². The van der Waals surface area contributed by atoms with Gasteiger partial charge in [-0.2, -0.15) is 5.26 Å². The number of hydrogen-bond acceptors (Lipinski definition) is 6. The van der Waals surface area contributed by atoms with Gasteiger partial charge in [-0.25, -0.2) is 9.97 Å². The van der Waals surface area contributed by atoms with Crippen molar-refractivity contribution in [2.24, 2.45) is 5.92 Å². The molecule has 2 atom stereocenters. The molecule has 1 aliphatic carbocycles. The second kappa shape index (κ2) is 8.86. The van der Waals surface area contributed by atoms with Gasteiger partial charge in [0.05, 0.1) is 0 Å². The second-order valence-electron chi connectivity index (χ2n) is 7.81. The predicted molar refractivity (Wildman–Crippen MR) is 111 cm³/mol. The maximum absolute atomic E-state index is 12.8. The number of pyridine rings is 2. The molecule has 0 bridgehead atoms. The molecule has 1 saturated carbocycles. The van der Waals surface area contributed by atoms with Crippen LogP contribution in [0.15, 0.2) is 18.3 Å². The number of fused-ring (bicyclic) bond motifs is 1. The first-order valence-corrected chi connectivity index (χ1v) is 9.91. The molecule has 3 N–H and O–H groups in total. The summed E-state index contributed by atoms with van der Waals surface area (Å²) in [7, 11) is 0. The van der Waals surface area contributed by atoms with E-state index in [9.17, 15) is 14.9 Å². The van der Waals surface area contributed by atoms with Crippen LogP contribution in [0.2, 0.25) is 0 Å². The molecule has 0 aliphatic heterocycles. The maximum atomic E-state index is 12.8. The summed E-state index contributed by atoms with van der Waals surface area (Å²) in [5.74, 6) is 0.719. The van der Waals surface area contributed by atoms with Gasteiger partial charge < -0.3 is 16.0 Å². The highest BCUT2D eigenvalue weighted by Gasteiger charge is 2.28. The Balaban J connectivity index is 1.80. The molecule has 0 aromatic carbocycles. The van der Waals surface area contributed by atoms with Crippen LogP contribution < -0.4 is 16.0 Å². The lowest BCUT2D eigenvalue weighted by Gasteiger charge is -2.28. The number of carbonyl (C=O) groups is 2. The van der Waals surface area contributed by atoms with E-state index in [2.05, 4.69) is 32.0 Å². The smallest absolute Gasteiger partial charge is 0.228 e. The molecule has 8 nitrogen and oxygen atoms in total. The molecule has 0 spiro atoms. The lowest BCUT2D eigenvalue weighted by molar-refractivity contribution is -0.123. The SMILES string of the molecule is CC(=O)N[C@@H]1CCCC(C(=O)Nc2cc3c(NC(C)C)nc(C#N)cc3cn2)C1. The third-order valence-corrected chi connectivity index (χ3v) is 4.96. The van der Waals surface area contributed by atoms with Crippen LogP contribution in [0.3, 0.4) is 0 Å². The minimum absolute atomic E-state index is 0.0389. The van der Waals surface area contributed by atoms with E-state index >= 15 is 0 Å². The molecule has 3 rings (SSSR count). The lowest BCUT2D eigenvalue weighted by Crippen LogP contribution is -2.40.